The quantitative estimate of drug-likeness (QED) is 0.412. The Morgan fingerprint density at radius 1 is 1.39 bits per heavy atom. The van der Waals surface area contributed by atoms with Gasteiger partial charge in [-0.15, -0.1) is 0 Å². The van der Waals surface area contributed by atoms with Gasteiger partial charge in [-0.1, -0.05) is 0 Å². The Morgan fingerprint density at radius 2 is 2.00 bits per heavy atom. The number of nitrogens with two attached hydrogens (primary N) is 2. The lowest BCUT2D eigenvalue weighted by Gasteiger charge is -2.18. The first-order valence-electron chi connectivity index (χ1n) is 5.82. The first kappa shape index (κ1) is 14.5. The molecule has 5 N–H and O–H groups in total. The number of aryl methyl sites for hydroxylation is 1. The van der Waals surface area contributed by atoms with Crippen molar-refractivity contribution in [2.24, 2.45) is 11.6 Å². The summed E-state index contributed by atoms with van der Waals surface area (Å²) >= 11 is 0. The molecule has 1 amide bonds. The van der Waals surface area contributed by atoms with E-state index in [2.05, 4.69) is 5.43 Å². The van der Waals surface area contributed by atoms with Crippen molar-refractivity contribution >= 4 is 5.91 Å². The zero-order valence-corrected chi connectivity index (χ0v) is 11.3. The molecular formula is C13H21N3O2. The van der Waals surface area contributed by atoms with E-state index in [-0.39, 0.29) is 5.91 Å². The van der Waals surface area contributed by atoms with Crippen LogP contribution in [0.25, 0.3) is 0 Å². The summed E-state index contributed by atoms with van der Waals surface area (Å²) < 4.78 is 5.30. The summed E-state index contributed by atoms with van der Waals surface area (Å²) in [4.78, 5) is 11.4. The maximum absolute atomic E-state index is 11.4. The minimum absolute atomic E-state index is 0.359. The molecule has 0 spiro atoms. The lowest BCUT2D eigenvalue weighted by molar-refractivity contribution is -0.122. The van der Waals surface area contributed by atoms with Crippen molar-refractivity contribution in [1.82, 2.24) is 5.43 Å². The van der Waals surface area contributed by atoms with E-state index in [1.54, 1.807) is 7.11 Å². The SMILES string of the molecule is COc1cc(C)c(CC(N)C(=O)NN)c(C)c1C. The molecule has 0 aliphatic heterocycles. The molecule has 0 radical (unpaired) electrons. The molecule has 0 heterocycles. The van der Waals surface area contributed by atoms with Gasteiger partial charge in [0.05, 0.1) is 13.2 Å². The predicted octanol–water partition coefficient (Wildman–Crippen LogP) is 0.480. The van der Waals surface area contributed by atoms with Crippen LogP contribution in [-0.2, 0) is 11.2 Å². The van der Waals surface area contributed by atoms with E-state index in [0.717, 1.165) is 28.0 Å². The number of methoxy groups -OCH3 is 1. The average molecular weight is 251 g/mol. The third kappa shape index (κ3) is 2.80. The molecule has 18 heavy (non-hydrogen) atoms. The van der Waals surface area contributed by atoms with Crippen LogP contribution in [0.2, 0.25) is 0 Å². The smallest absolute Gasteiger partial charge is 0.251 e. The molecule has 5 heteroatoms. The van der Waals surface area contributed by atoms with Gasteiger partial charge in [0.15, 0.2) is 0 Å². The van der Waals surface area contributed by atoms with Crippen LogP contribution >= 0.6 is 0 Å². The molecule has 0 bridgehead atoms. The largest absolute Gasteiger partial charge is 0.496 e. The summed E-state index contributed by atoms with van der Waals surface area (Å²) in [6, 6.07) is 1.32. The lowest BCUT2D eigenvalue weighted by atomic mass is 9.92. The van der Waals surface area contributed by atoms with Crippen LogP contribution < -0.4 is 21.7 Å². The number of carbonyl (C=O) groups is 1. The summed E-state index contributed by atoms with van der Waals surface area (Å²) in [5.74, 6) is 5.57. The Labute approximate surface area is 107 Å². The molecule has 1 aromatic carbocycles. The van der Waals surface area contributed by atoms with Gasteiger partial charge in [-0.3, -0.25) is 10.2 Å². The molecular weight excluding hydrogens is 230 g/mol. The van der Waals surface area contributed by atoms with Crippen molar-refractivity contribution in [3.63, 3.8) is 0 Å². The Hall–Kier alpha value is -1.59. The molecule has 1 unspecified atom stereocenters. The Morgan fingerprint density at radius 3 is 2.50 bits per heavy atom. The number of rotatable bonds is 4. The van der Waals surface area contributed by atoms with E-state index < -0.39 is 6.04 Å². The van der Waals surface area contributed by atoms with E-state index in [0.29, 0.717) is 6.42 Å². The van der Waals surface area contributed by atoms with Crippen LogP contribution in [0.4, 0.5) is 0 Å². The number of hydrogen-bond donors (Lipinski definition) is 3. The minimum Gasteiger partial charge on any atom is -0.496 e. The van der Waals surface area contributed by atoms with Crippen LogP contribution in [0.3, 0.4) is 0 Å². The third-order valence-corrected chi connectivity index (χ3v) is 3.33. The second-order valence-corrected chi connectivity index (χ2v) is 4.44. The van der Waals surface area contributed by atoms with Crippen molar-refractivity contribution in [1.29, 1.82) is 0 Å². The van der Waals surface area contributed by atoms with Crippen LogP contribution in [0.1, 0.15) is 22.3 Å². The zero-order chi connectivity index (χ0) is 13.9. The first-order valence-corrected chi connectivity index (χ1v) is 5.82. The number of benzene rings is 1. The highest BCUT2D eigenvalue weighted by Crippen LogP contribution is 2.28. The Bertz CT molecular complexity index is 458. The molecule has 0 aliphatic rings. The summed E-state index contributed by atoms with van der Waals surface area (Å²) in [5, 5.41) is 0. The summed E-state index contributed by atoms with van der Waals surface area (Å²) in [7, 11) is 1.65. The molecule has 0 fully saturated rings. The Kier molecular flexibility index (Phi) is 4.69. The fourth-order valence-electron chi connectivity index (χ4n) is 2.04. The van der Waals surface area contributed by atoms with Gasteiger partial charge < -0.3 is 10.5 Å². The van der Waals surface area contributed by atoms with Gasteiger partial charge in [0, 0.05) is 0 Å². The van der Waals surface area contributed by atoms with Crippen molar-refractivity contribution < 1.29 is 9.53 Å². The van der Waals surface area contributed by atoms with Gasteiger partial charge in [0.25, 0.3) is 5.91 Å². The fraction of sp³-hybridized carbons (Fsp3) is 0.462. The minimum atomic E-state index is -0.639. The second-order valence-electron chi connectivity index (χ2n) is 4.44. The lowest BCUT2D eigenvalue weighted by Crippen LogP contribution is -2.45. The highest BCUT2D eigenvalue weighted by atomic mass is 16.5. The van der Waals surface area contributed by atoms with Crippen molar-refractivity contribution in [2.75, 3.05) is 7.11 Å². The molecule has 0 saturated carbocycles. The number of hydrogen-bond acceptors (Lipinski definition) is 4. The number of nitrogens with one attached hydrogen (secondary N) is 1. The number of carbonyl (C=O) groups excluding carboxylic acids is 1. The van der Waals surface area contributed by atoms with Crippen molar-refractivity contribution in [3.8, 4) is 5.75 Å². The fourth-order valence-corrected chi connectivity index (χ4v) is 2.04. The van der Waals surface area contributed by atoms with Gasteiger partial charge in [-0.05, 0) is 55.5 Å². The molecule has 1 aromatic rings. The first-order chi connectivity index (χ1) is 8.42. The van der Waals surface area contributed by atoms with E-state index in [9.17, 15) is 4.79 Å². The van der Waals surface area contributed by atoms with Crippen molar-refractivity contribution in [2.45, 2.75) is 33.2 Å². The summed E-state index contributed by atoms with van der Waals surface area (Å²) in [6.07, 6.45) is 0.464. The maximum Gasteiger partial charge on any atom is 0.251 e. The van der Waals surface area contributed by atoms with E-state index in [4.69, 9.17) is 16.3 Å². The third-order valence-electron chi connectivity index (χ3n) is 3.33. The summed E-state index contributed by atoms with van der Waals surface area (Å²) in [5.41, 5.74) is 12.2. The average Bonchev–Trinajstić information content (AvgIpc) is 2.37. The van der Waals surface area contributed by atoms with Crippen LogP contribution in [0.5, 0.6) is 5.75 Å². The van der Waals surface area contributed by atoms with Crippen LogP contribution in [0.15, 0.2) is 6.07 Å². The van der Waals surface area contributed by atoms with Crippen LogP contribution in [-0.4, -0.2) is 19.1 Å². The molecule has 0 aliphatic carbocycles. The second kappa shape index (κ2) is 5.84. The summed E-state index contributed by atoms with van der Waals surface area (Å²) in [6.45, 7) is 5.98. The van der Waals surface area contributed by atoms with Gasteiger partial charge in [-0.25, -0.2) is 5.84 Å². The predicted molar refractivity (Wildman–Crippen MR) is 71.2 cm³/mol. The topological polar surface area (TPSA) is 90.4 Å². The molecule has 1 rings (SSSR count). The molecule has 1 atom stereocenters. The van der Waals surface area contributed by atoms with Gasteiger partial charge in [0.1, 0.15) is 5.75 Å². The van der Waals surface area contributed by atoms with E-state index in [1.165, 1.54) is 0 Å². The van der Waals surface area contributed by atoms with E-state index >= 15 is 0 Å². The highest BCUT2D eigenvalue weighted by Gasteiger charge is 2.17. The van der Waals surface area contributed by atoms with E-state index in [1.807, 2.05) is 26.8 Å². The van der Waals surface area contributed by atoms with Gasteiger partial charge >= 0.3 is 0 Å². The van der Waals surface area contributed by atoms with Crippen LogP contribution in [0, 0.1) is 20.8 Å². The standard InChI is InChI=1S/C13H21N3O2/c1-7-5-12(18-4)9(3)8(2)10(7)6-11(14)13(17)16-15/h5,11H,6,14-15H2,1-4H3,(H,16,17). The zero-order valence-electron chi connectivity index (χ0n) is 11.3. The number of amides is 1. The molecule has 5 nitrogen and oxygen atoms in total. The monoisotopic (exact) mass is 251 g/mol. The Balaban J connectivity index is 3.10. The number of hydrazine groups is 1. The van der Waals surface area contributed by atoms with Gasteiger partial charge in [-0.2, -0.15) is 0 Å². The normalized spacial score (nSPS) is 12.1. The maximum atomic E-state index is 11.4. The van der Waals surface area contributed by atoms with Gasteiger partial charge in [0.2, 0.25) is 0 Å². The van der Waals surface area contributed by atoms with Crippen molar-refractivity contribution in [3.05, 3.63) is 28.3 Å². The molecule has 100 valence electrons. The number of ether oxygens (including phenoxy) is 1. The molecule has 0 aromatic heterocycles. The highest BCUT2D eigenvalue weighted by molar-refractivity contribution is 5.81. The molecule has 0 saturated heterocycles.